The summed E-state index contributed by atoms with van der Waals surface area (Å²) in [6.45, 7) is 1.72. The number of pyridine rings is 2. The Balaban J connectivity index is 2.40. The second-order valence-corrected chi connectivity index (χ2v) is 5.05. The molecule has 0 radical (unpaired) electrons. The zero-order chi connectivity index (χ0) is 16.5. The summed E-state index contributed by atoms with van der Waals surface area (Å²) in [5, 5.41) is -0.145. The average Bonchev–Trinajstić information content (AvgIpc) is 2.39. The molecule has 2 aromatic rings. The van der Waals surface area contributed by atoms with Gasteiger partial charge in [0.15, 0.2) is 0 Å². The molecule has 2 N–H and O–H groups in total. The van der Waals surface area contributed by atoms with Crippen LogP contribution in [0.4, 0.5) is 13.2 Å². The molecule has 0 saturated carbocycles. The molecule has 0 atom stereocenters. The summed E-state index contributed by atoms with van der Waals surface area (Å²) in [4.78, 5) is 19.3. The fraction of sp³-hybridized carbons (Fsp3) is 0.214. The van der Waals surface area contributed by atoms with E-state index in [1.54, 1.807) is 13.0 Å². The summed E-state index contributed by atoms with van der Waals surface area (Å²) in [7, 11) is 0. The van der Waals surface area contributed by atoms with Gasteiger partial charge in [0.2, 0.25) is 0 Å². The highest BCUT2D eigenvalue weighted by Gasteiger charge is 2.31. The Labute approximate surface area is 129 Å². The Bertz CT molecular complexity index is 732. The SMILES string of the molecule is Cc1ccc(C(N)=O)c(Cc2ncc(C(F)(F)F)cc2Cl)n1. The van der Waals surface area contributed by atoms with Gasteiger partial charge in [-0.25, -0.2) is 0 Å². The molecule has 8 heteroatoms. The number of hydrogen-bond acceptors (Lipinski definition) is 3. The topological polar surface area (TPSA) is 68.9 Å². The van der Waals surface area contributed by atoms with Crippen LogP contribution in [0, 0.1) is 6.92 Å². The standard InChI is InChI=1S/C14H11ClF3N3O/c1-7-2-3-9(13(19)22)11(21-7)5-12-10(15)4-8(6-20-12)14(16,17)18/h2-4,6H,5H2,1H3,(H2,19,22). The van der Waals surface area contributed by atoms with Crippen LogP contribution in [-0.2, 0) is 12.6 Å². The summed E-state index contributed by atoms with van der Waals surface area (Å²) < 4.78 is 37.7. The summed E-state index contributed by atoms with van der Waals surface area (Å²) in [5.41, 5.74) is 5.66. The molecule has 0 aliphatic carbocycles. The fourth-order valence-electron chi connectivity index (χ4n) is 1.88. The quantitative estimate of drug-likeness (QED) is 0.940. The lowest BCUT2D eigenvalue weighted by Gasteiger charge is -2.10. The molecule has 0 aromatic carbocycles. The smallest absolute Gasteiger partial charge is 0.366 e. The van der Waals surface area contributed by atoms with E-state index in [-0.39, 0.29) is 22.7 Å². The normalized spacial score (nSPS) is 11.5. The number of aryl methyl sites for hydroxylation is 1. The van der Waals surface area contributed by atoms with Gasteiger partial charge in [-0.05, 0) is 25.1 Å². The molecule has 1 amide bonds. The van der Waals surface area contributed by atoms with E-state index >= 15 is 0 Å². The second kappa shape index (κ2) is 5.92. The molecule has 22 heavy (non-hydrogen) atoms. The first-order valence-corrected chi connectivity index (χ1v) is 6.54. The maximum absolute atomic E-state index is 12.6. The maximum atomic E-state index is 12.6. The molecular weight excluding hydrogens is 319 g/mol. The van der Waals surface area contributed by atoms with Crippen molar-refractivity contribution in [2.45, 2.75) is 19.5 Å². The van der Waals surface area contributed by atoms with E-state index in [1.807, 2.05) is 0 Å². The van der Waals surface area contributed by atoms with Crippen LogP contribution >= 0.6 is 11.6 Å². The van der Waals surface area contributed by atoms with Crippen LogP contribution in [0.15, 0.2) is 24.4 Å². The molecule has 0 aliphatic rings. The highest BCUT2D eigenvalue weighted by molar-refractivity contribution is 6.31. The lowest BCUT2D eigenvalue weighted by Crippen LogP contribution is -2.16. The molecule has 116 valence electrons. The molecule has 2 aromatic heterocycles. The van der Waals surface area contributed by atoms with Crippen molar-refractivity contribution in [3.8, 4) is 0 Å². The van der Waals surface area contributed by atoms with E-state index in [0.717, 1.165) is 6.07 Å². The summed E-state index contributed by atoms with van der Waals surface area (Å²) in [6, 6.07) is 3.92. The summed E-state index contributed by atoms with van der Waals surface area (Å²) >= 11 is 5.85. The Hall–Kier alpha value is -2.15. The first-order chi connectivity index (χ1) is 10.2. The van der Waals surface area contributed by atoms with Crippen molar-refractivity contribution in [3.63, 3.8) is 0 Å². The summed E-state index contributed by atoms with van der Waals surface area (Å²) in [6.07, 6.45) is -3.81. The largest absolute Gasteiger partial charge is 0.417 e. The molecule has 2 rings (SSSR count). The first kappa shape index (κ1) is 16.2. The minimum atomic E-state index is -4.52. The number of alkyl halides is 3. The van der Waals surface area contributed by atoms with Crippen molar-refractivity contribution >= 4 is 17.5 Å². The number of aromatic nitrogens is 2. The molecule has 2 heterocycles. The van der Waals surface area contributed by atoms with Crippen molar-refractivity contribution in [2.24, 2.45) is 5.73 Å². The number of nitrogens with two attached hydrogens (primary N) is 1. The van der Waals surface area contributed by atoms with Crippen LogP contribution in [0.5, 0.6) is 0 Å². The van der Waals surface area contributed by atoms with Crippen molar-refractivity contribution in [1.82, 2.24) is 9.97 Å². The van der Waals surface area contributed by atoms with Crippen LogP contribution in [0.1, 0.15) is 33.0 Å². The average molecular weight is 330 g/mol. The van der Waals surface area contributed by atoms with Gasteiger partial charge in [-0.2, -0.15) is 13.2 Å². The lowest BCUT2D eigenvalue weighted by molar-refractivity contribution is -0.137. The summed E-state index contributed by atoms with van der Waals surface area (Å²) in [5.74, 6) is -0.675. The Morgan fingerprint density at radius 2 is 2.00 bits per heavy atom. The minimum absolute atomic E-state index is 0.0108. The van der Waals surface area contributed by atoms with E-state index in [4.69, 9.17) is 17.3 Å². The zero-order valence-electron chi connectivity index (χ0n) is 11.4. The van der Waals surface area contributed by atoms with Crippen LogP contribution in [0.25, 0.3) is 0 Å². The van der Waals surface area contributed by atoms with Gasteiger partial charge in [0.25, 0.3) is 5.91 Å². The number of carbonyl (C=O) groups excluding carboxylic acids is 1. The predicted octanol–water partition coefficient (Wildman–Crippen LogP) is 3.15. The number of amides is 1. The molecule has 0 saturated heterocycles. The van der Waals surface area contributed by atoms with E-state index in [2.05, 4.69) is 9.97 Å². The van der Waals surface area contributed by atoms with Crippen molar-refractivity contribution in [2.75, 3.05) is 0 Å². The molecular formula is C14H11ClF3N3O. The van der Waals surface area contributed by atoms with Crippen LogP contribution in [-0.4, -0.2) is 15.9 Å². The van der Waals surface area contributed by atoms with Gasteiger partial charge >= 0.3 is 6.18 Å². The molecule has 0 spiro atoms. The maximum Gasteiger partial charge on any atom is 0.417 e. The van der Waals surface area contributed by atoms with Gasteiger partial charge in [0.1, 0.15) is 0 Å². The fourth-order valence-corrected chi connectivity index (χ4v) is 2.11. The predicted molar refractivity (Wildman–Crippen MR) is 74.5 cm³/mol. The Morgan fingerprint density at radius 3 is 2.55 bits per heavy atom. The first-order valence-electron chi connectivity index (χ1n) is 6.16. The highest BCUT2D eigenvalue weighted by Crippen LogP contribution is 2.31. The van der Waals surface area contributed by atoms with Crippen LogP contribution < -0.4 is 5.73 Å². The second-order valence-electron chi connectivity index (χ2n) is 4.64. The van der Waals surface area contributed by atoms with E-state index in [0.29, 0.717) is 17.6 Å². The number of halogens is 4. The lowest BCUT2D eigenvalue weighted by atomic mass is 10.1. The third-order valence-electron chi connectivity index (χ3n) is 2.96. The minimum Gasteiger partial charge on any atom is -0.366 e. The van der Waals surface area contributed by atoms with Crippen molar-refractivity contribution in [3.05, 3.63) is 57.6 Å². The number of hydrogen-bond donors (Lipinski definition) is 1. The van der Waals surface area contributed by atoms with Gasteiger partial charge in [0, 0.05) is 18.3 Å². The van der Waals surface area contributed by atoms with E-state index in [1.165, 1.54) is 6.07 Å². The molecule has 0 aliphatic heterocycles. The van der Waals surface area contributed by atoms with Gasteiger partial charge in [-0.15, -0.1) is 0 Å². The number of rotatable bonds is 3. The molecule has 0 unspecified atom stereocenters. The van der Waals surface area contributed by atoms with Crippen LogP contribution in [0.2, 0.25) is 5.02 Å². The number of carbonyl (C=O) groups is 1. The van der Waals surface area contributed by atoms with Crippen LogP contribution in [0.3, 0.4) is 0 Å². The molecule has 0 fully saturated rings. The zero-order valence-corrected chi connectivity index (χ0v) is 12.2. The van der Waals surface area contributed by atoms with Crippen molar-refractivity contribution in [1.29, 1.82) is 0 Å². The van der Waals surface area contributed by atoms with E-state index in [9.17, 15) is 18.0 Å². The third-order valence-corrected chi connectivity index (χ3v) is 3.29. The molecule has 0 bridgehead atoms. The Morgan fingerprint density at radius 1 is 1.32 bits per heavy atom. The van der Waals surface area contributed by atoms with Gasteiger partial charge in [-0.3, -0.25) is 14.8 Å². The van der Waals surface area contributed by atoms with E-state index < -0.39 is 17.6 Å². The van der Waals surface area contributed by atoms with Crippen molar-refractivity contribution < 1.29 is 18.0 Å². The Kier molecular flexibility index (Phi) is 4.37. The van der Waals surface area contributed by atoms with Gasteiger partial charge < -0.3 is 5.73 Å². The van der Waals surface area contributed by atoms with Gasteiger partial charge in [0.05, 0.1) is 27.5 Å². The number of primary amides is 1. The molecule has 4 nitrogen and oxygen atoms in total. The highest BCUT2D eigenvalue weighted by atomic mass is 35.5. The van der Waals surface area contributed by atoms with Gasteiger partial charge in [-0.1, -0.05) is 11.6 Å². The third kappa shape index (κ3) is 3.54. The number of nitrogens with zero attached hydrogens (tertiary/aromatic N) is 2. The monoisotopic (exact) mass is 329 g/mol.